The van der Waals surface area contributed by atoms with Crippen LogP contribution in [0.4, 0.5) is 10.1 Å². The van der Waals surface area contributed by atoms with E-state index in [1.54, 1.807) is 30.5 Å². The van der Waals surface area contributed by atoms with Gasteiger partial charge in [0.2, 0.25) is 5.91 Å². The summed E-state index contributed by atoms with van der Waals surface area (Å²) in [5.74, 6) is -1.21. The molecule has 112 valence electrons. The van der Waals surface area contributed by atoms with Crippen LogP contribution in [-0.2, 0) is 4.79 Å². The number of hydrogen-bond donors (Lipinski definition) is 1. The van der Waals surface area contributed by atoms with E-state index >= 15 is 0 Å². The molecule has 0 fully saturated rings. The molecule has 2 heterocycles. The van der Waals surface area contributed by atoms with Gasteiger partial charge in [-0.15, -0.1) is 0 Å². The highest BCUT2D eigenvalue weighted by Crippen LogP contribution is 2.19. The molecule has 5 nitrogen and oxygen atoms in total. The number of pyridine rings is 1. The number of nitrogens with zero attached hydrogens (tertiary/aromatic N) is 2. The molecule has 0 radical (unpaired) electrons. The average molecular weight is 300 g/mol. The molecule has 0 saturated heterocycles. The lowest BCUT2D eigenvalue weighted by molar-refractivity contribution is -0.116. The lowest BCUT2D eigenvalue weighted by Gasteiger charge is -2.12. The maximum absolute atomic E-state index is 12.5. The summed E-state index contributed by atoms with van der Waals surface area (Å²) < 4.78 is 12.5. The predicted molar refractivity (Wildman–Crippen MR) is 78.8 cm³/mol. The van der Waals surface area contributed by atoms with Crippen molar-refractivity contribution in [2.45, 2.75) is 6.42 Å². The molecule has 1 aromatic carbocycles. The Balaban J connectivity index is 0.000000172. The van der Waals surface area contributed by atoms with Crippen LogP contribution in [0.3, 0.4) is 0 Å². The van der Waals surface area contributed by atoms with E-state index in [1.807, 2.05) is 0 Å². The van der Waals surface area contributed by atoms with Gasteiger partial charge in [-0.1, -0.05) is 6.08 Å². The maximum atomic E-state index is 12.5. The van der Waals surface area contributed by atoms with Crippen molar-refractivity contribution < 1.29 is 19.1 Å². The lowest BCUT2D eigenvalue weighted by Crippen LogP contribution is -2.19. The molecule has 0 unspecified atom stereocenters. The van der Waals surface area contributed by atoms with Crippen molar-refractivity contribution in [2.75, 3.05) is 4.90 Å². The fourth-order valence-corrected chi connectivity index (χ4v) is 1.76. The van der Waals surface area contributed by atoms with Gasteiger partial charge in [0.1, 0.15) is 5.82 Å². The summed E-state index contributed by atoms with van der Waals surface area (Å²) in [6.45, 7) is 0. The van der Waals surface area contributed by atoms with Crippen molar-refractivity contribution in [3.8, 4) is 0 Å². The third kappa shape index (κ3) is 3.99. The van der Waals surface area contributed by atoms with Gasteiger partial charge in [-0.2, -0.15) is 0 Å². The van der Waals surface area contributed by atoms with Gasteiger partial charge in [-0.25, -0.2) is 9.18 Å². The number of aromatic carboxylic acids is 1. The van der Waals surface area contributed by atoms with Crippen LogP contribution in [0.25, 0.3) is 0 Å². The standard InChI is InChI=1S/C10H8FNO.C6H5NO2/c11-8-3-5-9(6-4-8)12-7-1-2-10(12)13;8-6(9)5-2-1-3-7-4-5/h1,3-7H,2H2;1-4H,(H,8,9). The molecule has 22 heavy (non-hydrogen) atoms. The van der Waals surface area contributed by atoms with Crippen molar-refractivity contribution in [3.63, 3.8) is 0 Å². The fourth-order valence-electron chi connectivity index (χ4n) is 1.76. The van der Waals surface area contributed by atoms with Crippen molar-refractivity contribution in [2.24, 2.45) is 0 Å². The molecule has 1 aliphatic heterocycles. The van der Waals surface area contributed by atoms with Crippen molar-refractivity contribution >= 4 is 17.6 Å². The van der Waals surface area contributed by atoms with E-state index in [0.717, 1.165) is 0 Å². The zero-order valence-corrected chi connectivity index (χ0v) is 11.5. The summed E-state index contributed by atoms with van der Waals surface area (Å²) in [6.07, 6.45) is 6.76. The Morgan fingerprint density at radius 3 is 2.41 bits per heavy atom. The third-order valence-corrected chi connectivity index (χ3v) is 2.83. The highest BCUT2D eigenvalue weighted by Gasteiger charge is 2.15. The monoisotopic (exact) mass is 300 g/mol. The number of hydrogen-bond acceptors (Lipinski definition) is 3. The van der Waals surface area contributed by atoms with Gasteiger partial charge < -0.3 is 5.11 Å². The Kier molecular flexibility index (Phi) is 4.98. The smallest absolute Gasteiger partial charge is 0.337 e. The first-order valence-corrected chi connectivity index (χ1v) is 6.45. The lowest BCUT2D eigenvalue weighted by atomic mass is 10.3. The number of carboxylic acid groups (broad SMARTS) is 1. The minimum atomic E-state index is -0.942. The van der Waals surface area contributed by atoms with Gasteiger partial charge in [0.05, 0.1) is 5.56 Å². The van der Waals surface area contributed by atoms with E-state index in [1.165, 1.54) is 35.5 Å². The fraction of sp³-hybridized carbons (Fsp3) is 0.0625. The van der Waals surface area contributed by atoms with E-state index in [-0.39, 0.29) is 17.3 Å². The Labute approximate surface area is 126 Å². The number of anilines is 1. The molecule has 1 amide bonds. The minimum absolute atomic E-state index is 0.0200. The van der Waals surface area contributed by atoms with Crippen LogP contribution in [0.1, 0.15) is 16.8 Å². The van der Waals surface area contributed by atoms with Crippen molar-refractivity contribution in [3.05, 3.63) is 72.4 Å². The molecule has 1 N–H and O–H groups in total. The highest BCUT2D eigenvalue weighted by atomic mass is 19.1. The summed E-state index contributed by atoms with van der Waals surface area (Å²) in [4.78, 5) is 26.5. The number of carbonyl (C=O) groups excluding carboxylic acids is 1. The quantitative estimate of drug-likeness (QED) is 0.925. The molecule has 0 bridgehead atoms. The van der Waals surface area contributed by atoms with E-state index in [4.69, 9.17) is 5.11 Å². The van der Waals surface area contributed by atoms with Crippen molar-refractivity contribution in [1.29, 1.82) is 0 Å². The summed E-state index contributed by atoms with van der Waals surface area (Å²) >= 11 is 0. The van der Waals surface area contributed by atoms with Crippen LogP contribution in [0, 0.1) is 5.82 Å². The third-order valence-electron chi connectivity index (χ3n) is 2.83. The summed E-state index contributed by atoms with van der Waals surface area (Å²) in [6, 6.07) is 8.94. The molecule has 2 aromatic rings. The summed E-state index contributed by atoms with van der Waals surface area (Å²) in [7, 11) is 0. The van der Waals surface area contributed by atoms with Crippen LogP contribution >= 0.6 is 0 Å². The number of carbonyl (C=O) groups is 2. The summed E-state index contributed by atoms with van der Waals surface area (Å²) in [5.41, 5.74) is 0.928. The maximum Gasteiger partial charge on any atom is 0.337 e. The first-order chi connectivity index (χ1) is 10.6. The van der Waals surface area contributed by atoms with Gasteiger partial charge in [-0.05, 0) is 36.4 Å². The Bertz CT molecular complexity index is 684. The number of rotatable bonds is 2. The van der Waals surface area contributed by atoms with Crippen LogP contribution < -0.4 is 4.90 Å². The van der Waals surface area contributed by atoms with E-state index < -0.39 is 5.97 Å². The minimum Gasteiger partial charge on any atom is -0.478 e. The average Bonchev–Trinajstić information content (AvgIpc) is 2.96. The molecular weight excluding hydrogens is 287 g/mol. The molecule has 6 heteroatoms. The molecule has 0 saturated carbocycles. The zero-order valence-electron chi connectivity index (χ0n) is 11.5. The first-order valence-electron chi connectivity index (χ1n) is 6.45. The number of carboxylic acids is 1. The second-order valence-corrected chi connectivity index (χ2v) is 4.38. The van der Waals surface area contributed by atoms with Gasteiger partial charge in [0.25, 0.3) is 0 Å². The second kappa shape index (κ2) is 7.12. The van der Waals surface area contributed by atoms with Crippen LogP contribution in [0.15, 0.2) is 61.1 Å². The largest absolute Gasteiger partial charge is 0.478 e. The van der Waals surface area contributed by atoms with Crippen molar-refractivity contribution in [1.82, 2.24) is 4.98 Å². The number of benzene rings is 1. The molecular formula is C16H13FN2O3. The van der Waals surface area contributed by atoms with E-state index in [0.29, 0.717) is 12.1 Å². The summed E-state index contributed by atoms with van der Waals surface area (Å²) in [5, 5.41) is 8.34. The SMILES string of the molecule is O=C(O)c1cccnc1.O=C1CC=CN1c1ccc(F)cc1. The molecule has 0 aliphatic carbocycles. The topological polar surface area (TPSA) is 70.5 Å². The van der Waals surface area contributed by atoms with Gasteiger partial charge in [-0.3, -0.25) is 14.7 Å². The Morgan fingerprint density at radius 1 is 1.23 bits per heavy atom. The van der Waals surface area contributed by atoms with Crippen LogP contribution in [0.5, 0.6) is 0 Å². The number of halogens is 1. The molecule has 0 atom stereocenters. The molecule has 1 aliphatic rings. The normalized spacial score (nSPS) is 12.8. The van der Waals surface area contributed by atoms with Gasteiger partial charge in [0.15, 0.2) is 0 Å². The highest BCUT2D eigenvalue weighted by molar-refractivity contribution is 5.98. The van der Waals surface area contributed by atoms with Crippen LogP contribution in [0.2, 0.25) is 0 Å². The molecule has 3 rings (SSSR count). The molecule has 1 aromatic heterocycles. The van der Waals surface area contributed by atoms with Gasteiger partial charge in [0, 0.05) is 30.7 Å². The number of amides is 1. The van der Waals surface area contributed by atoms with E-state index in [2.05, 4.69) is 4.98 Å². The zero-order chi connectivity index (χ0) is 15.9. The van der Waals surface area contributed by atoms with E-state index in [9.17, 15) is 14.0 Å². The predicted octanol–water partition coefficient (Wildman–Crippen LogP) is 2.86. The first kappa shape index (κ1) is 15.4. The van der Waals surface area contributed by atoms with Crippen LogP contribution in [-0.4, -0.2) is 22.0 Å². The molecule has 0 spiro atoms. The second-order valence-electron chi connectivity index (χ2n) is 4.38. The Hall–Kier alpha value is -3.02. The Morgan fingerprint density at radius 2 is 1.95 bits per heavy atom. The number of aromatic nitrogens is 1. The van der Waals surface area contributed by atoms with Gasteiger partial charge >= 0.3 is 5.97 Å².